The molecular formula is C13H15BrFNO2. The molecule has 1 unspecified atom stereocenters. The molecule has 98 valence electrons. The molecule has 1 aromatic rings. The van der Waals surface area contributed by atoms with Gasteiger partial charge >= 0.3 is 0 Å². The van der Waals surface area contributed by atoms with Crippen molar-refractivity contribution in [1.29, 1.82) is 0 Å². The zero-order valence-electron chi connectivity index (χ0n) is 9.97. The Bertz CT molecular complexity index is 461. The molecule has 0 aromatic heterocycles. The van der Waals surface area contributed by atoms with Gasteiger partial charge in [-0.15, -0.1) is 0 Å². The van der Waals surface area contributed by atoms with E-state index in [1.807, 2.05) is 6.07 Å². The minimum Gasteiger partial charge on any atom is -0.486 e. The molecule has 0 bridgehead atoms. The molecule has 5 heteroatoms. The summed E-state index contributed by atoms with van der Waals surface area (Å²) in [4.78, 5) is 0. The lowest BCUT2D eigenvalue weighted by Gasteiger charge is -2.22. The average molecular weight is 316 g/mol. The van der Waals surface area contributed by atoms with Gasteiger partial charge in [-0.25, -0.2) is 4.39 Å². The molecular weight excluding hydrogens is 301 g/mol. The van der Waals surface area contributed by atoms with Crippen LogP contribution < -0.4 is 14.8 Å². The number of nitrogens with one attached hydrogen (secondary N) is 1. The quantitative estimate of drug-likeness (QED) is 0.910. The van der Waals surface area contributed by atoms with Gasteiger partial charge in [-0.3, -0.25) is 0 Å². The van der Waals surface area contributed by atoms with Crippen LogP contribution in [0.15, 0.2) is 10.5 Å². The van der Waals surface area contributed by atoms with E-state index in [-0.39, 0.29) is 11.6 Å². The predicted octanol–water partition coefficient (Wildman–Crippen LogP) is 2.65. The van der Waals surface area contributed by atoms with E-state index in [1.54, 1.807) is 0 Å². The third-order valence-electron chi connectivity index (χ3n) is 3.43. The number of hydrogen-bond acceptors (Lipinski definition) is 3. The fourth-order valence-electron chi connectivity index (χ4n) is 2.52. The van der Waals surface area contributed by atoms with Crippen LogP contribution in [0.2, 0.25) is 0 Å². The molecule has 0 aliphatic carbocycles. The fourth-order valence-corrected chi connectivity index (χ4v) is 3.06. The Kier molecular flexibility index (Phi) is 3.43. The van der Waals surface area contributed by atoms with E-state index in [9.17, 15) is 4.39 Å². The second kappa shape index (κ2) is 5.05. The Morgan fingerprint density at radius 3 is 3.00 bits per heavy atom. The average Bonchev–Trinajstić information content (AvgIpc) is 2.87. The second-order valence-corrected chi connectivity index (χ2v) is 5.53. The monoisotopic (exact) mass is 315 g/mol. The summed E-state index contributed by atoms with van der Waals surface area (Å²) < 4.78 is 25.9. The third kappa shape index (κ3) is 2.21. The highest BCUT2D eigenvalue weighted by Gasteiger charge is 2.25. The maximum Gasteiger partial charge on any atom is 0.197 e. The van der Waals surface area contributed by atoms with Crippen molar-refractivity contribution in [2.45, 2.75) is 25.3 Å². The molecule has 1 atom stereocenters. The zero-order valence-corrected chi connectivity index (χ0v) is 11.6. The Morgan fingerprint density at radius 1 is 1.39 bits per heavy atom. The molecule has 1 saturated heterocycles. The number of rotatable bonds is 2. The fraction of sp³-hybridized carbons (Fsp3) is 0.538. The van der Waals surface area contributed by atoms with E-state index >= 15 is 0 Å². The van der Waals surface area contributed by atoms with Crippen molar-refractivity contribution in [2.75, 3.05) is 19.8 Å². The van der Waals surface area contributed by atoms with Gasteiger partial charge < -0.3 is 14.8 Å². The highest BCUT2D eigenvalue weighted by atomic mass is 79.9. The van der Waals surface area contributed by atoms with Crippen LogP contribution in [0.5, 0.6) is 11.5 Å². The number of benzene rings is 1. The molecule has 1 aromatic carbocycles. The van der Waals surface area contributed by atoms with Crippen molar-refractivity contribution in [3.63, 3.8) is 0 Å². The predicted molar refractivity (Wildman–Crippen MR) is 69.8 cm³/mol. The van der Waals surface area contributed by atoms with Crippen LogP contribution in [0.1, 0.15) is 18.4 Å². The van der Waals surface area contributed by atoms with E-state index in [0.29, 0.717) is 37.0 Å². The minimum absolute atomic E-state index is 0.262. The van der Waals surface area contributed by atoms with Gasteiger partial charge in [0.1, 0.15) is 13.2 Å². The number of fused-ring (bicyclic) bond motifs is 1. The Hall–Kier alpha value is -0.810. The molecule has 0 amide bonds. The molecule has 2 aliphatic rings. The van der Waals surface area contributed by atoms with Crippen molar-refractivity contribution in [3.05, 3.63) is 21.9 Å². The summed E-state index contributed by atoms with van der Waals surface area (Å²) in [5.74, 6) is 0.471. The largest absolute Gasteiger partial charge is 0.486 e. The normalized spacial score (nSPS) is 22.2. The molecule has 3 nitrogen and oxygen atoms in total. The van der Waals surface area contributed by atoms with Gasteiger partial charge in [0.2, 0.25) is 0 Å². The molecule has 0 saturated carbocycles. The summed E-state index contributed by atoms with van der Waals surface area (Å²) in [6.45, 7) is 1.91. The summed E-state index contributed by atoms with van der Waals surface area (Å²) in [5.41, 5.74) is 0.679. The van der Waals surface area contributed by atoms with Gasteiger partial charge in [0.25, 0.3) is 0 Å². The number of hydrogen-bond donors (Lipinski definition) is 1. The van der Waals surface area contributed by atoms with Crippen molar-refractivity contribution in [2.24, 2.45) is 0 Å². The topological polar surface area (TPSA) is 30.5 Å². The summed E-state index contributed by atoms with van der Waals surface area (Å²) in [6.07, 6.45) is 2.94. The van der Waals surface area contributed by atoms with E-state index < -0.39 is 0 Å². The van der Waals surface area contributed by atoms with Crippen LogP contribution in [0.3, 0.4) is 0 Å². The maximum atomic E-state index is 14.4. The van der Waals surface area contributed by atoms with Crippen LogP contribution in [0.25, 0.3) is 0 Å². The molecule has 1 fully saturated rings. The minimum atomic E-state index is -0.284. The molecule has 2 heterocycles. The molecule has 2 aliphatic heterocycles. The summed E-state index contributed by atoms with van der Waals surface area (Å²) in [6, 6.07) is 2.17. The lowest BCUT2D eigenvalue weighted by molar-refractivity contribution is 0.163. The van der Waals surface area contributed by atoms with Crippen molar-refractivity contribution < 1.29 is 13.9 Å². The molecule has 1 N–H and O–H groups in total. The van der Waals surface area contributed by atoms with Crippen LogP contribution >= 0.6 is 15.9 Å². The maximum absolute atomic E-state index is 14.4. The van der Waals surface area contributed by atoms with Crippen molar-refractivity contribution >= 4 is 15.9 Å². The second-order valence-electron chi connectivity index (χ2n) is 4.67. The Labute approximate surface area is 114 Å². The van der Waals surface area contributed by atoms with Gasteiger partial charge in [0.05, 0.1) is 0 Å². The van der Waals surface area contributed by atoms with E-state index in [1.165, 1.54) is 0 Å². The van der Waals surface area contributed by atoms with Gasteiger partial charge in [0.15, 0.2) is 17.3 Å². The van der Waals surface area contributed by atoms with Crippen LogP contribution in [-0.4, -0.2) is 25.8 Å². The van der Waals surface area contributed by atoms with E-state index in [0.717, 1.165) is 23.9 Å². The first-order valence-corrected chi connectivity index (χ1v) is 7.05. The van der Waals surface area contributed by atoms with Gasteiger partial charge in [0, 0.05) is 16.1 Å². The number of ether oxygens (including phenoxy) is 2. The molecule has 0 radical (unpaired) electrons. The zero-order chi connectivity index (χ0) is 12.5. The summed E-state index contributed by atoms with van der Waals surface area (Å²) >= 11 is 3.43. The summed E-state index contributed by atoms with van der Waals surface area (Å²) in [5, 5.41) is 3.38. The first-order valence-electron chi connectivity index (χ1n) is 6.25. The lowest BCUT2D eigenvalue weighted by atomic mass is 10.0. The number of halogens is 2. The Balaban J connectivity index is 1.92. The van der Waals surface area contributed by atoms with Gasteiger partial charge in [-0.05, 0) is 31.9 Å². The standard InChI is InChI=1S/C13H15BrFNO2/c14-10-7-11-13(18-5-4-17-11)12(15)9(10)6-8-2-1-3-16-8/h7-8,16H,1-6H2. The lowest BCUT2D eigenvalue weighted by Crippen LogP contribution is -2.25. The van der Waals surface area contributed by atoms with Crippen molar-refractivity contribution in [3.8, 4) is 11.5 Å². The highest BCUT2D eigenvalue weighted by Crippen LogP contribution is 2.39. The van der Waals surface area contributed by atoms with E-state index in [2.05, 4.69) is 21.2 Å². The van der Waals surface area contributed by atoms with Crippen LogP contribution in [0.4, 0.5) is 4.39 Å². The smallest absolute Gasteiger partial charge is 0.197 e. The van der Waals surface area contributed by atoms with Gasteiger partial charge in [-0.1, -0.05) is 15.9 Å². The molecule has 0 spiro atoms. The van der Waals surface area contributed by atoms with Crippen LogP contribution in [0, 0.1) is 5.82 Å². The van der Waals surface area contributed by atoms with Crippen molar-refractivity contribution in [1.82, 2.24) is 5.32 Å². The van der Waals surface area contributed by atoms with Crippen LogP contribution in [-0.2, 0) is 6.42 Å². The Morgan fingerprint density at radius 2 is 2.22 bits per heavy atom. The third-order valence-corrected chi connectivity index (χ3v) is 4.14. The highest BCUT2D eigenvalue weighted by molar-refractivity contribution is 9.10. The first-order chi connectivity index (χ1) is 8.75. The van der Waals surface area contributed by atoms with Gasteiger partial charge in [-0.2, -0.15) is 0 Å². The molecule has 3 rings (SSSR count). The molecule has 18 heavy (non-hydrogen) atoms. The van der Waals surface area contributed by atoms with E-state index in [4.69, 9.17) is 9.47 Å². The first kappa shape index (κ1) is 12.2. The summed E-state index contributed by atoms with van der Waals surface area (Å²) in [7, 11) is 0. The SMILES string of the molecule is Fc1c(CC2CCCN2)c(Br)cc2c1OCCO2.